The highest BCUT2D eigenvalue weighted by atomic mass is 35.5. The Balaban J connectivity index is 2.26. The van der Waals surface area contributed by atoms with Crippen LogP contribution >= 0.6 is 11.6 Å². The molecule has 0 saturated carbocycles. The summed E-state index contributed by atoms with van der Waals surface area (Å²) < 4.78 is 0. The molecule has 1 aromatic carbocycles. The molecule has 0 aliphatic carbocycles. The van der Waals surface area contributed by atoms with E-state index in [-0.39, 0.29) is 18.5 Å². The number of nitrogens with two attached hydrogens (primary N) is 1. The van der Waals surface area contributed by atoms with E-state index >= 15 is 0 Å². The van der Waals surface area contributed by atoms with E-state index in [2.05, 4.69) is 5.32 Å². The number of amides is 2. The van der Waals surface area contributed by atoms with Gasteiger partial charge in [0.25, 0.3) is 5.91 Å². The molecule has 1 saturated heterocycles. The Morgan fingerprint density at radius 1 is 1.38 bits per heavy atom. The van der Waals surface area contributed by atoms with Gasteiger partial charge in [0.15, 0.2) is 0 Å². The van der Waals surface area contributed by atoms with Crippen molar-refractivity contribution in [3.8, 4) is 0 Å². The predicted molar refractivity (Wildman–Crippen MR) is 82.3 cm³/mol. The van der Waals surface area contributed by atoms with E-state index < -0.39 is 5.91 Å². The lowest BCUT2D eigenvalue weighted by atomic mass is 10.0. The predicted octanol–water partition coefficient (Wildman–Crippen LogP) is 1.33. The number of rotatable bonds is 4. The quantitative estimate of drug-likeness (QED) is 0.881. The Morgan fingerprint density at radius 3 is 2.62 bits per heavy atom. The van der Waals surface area contributed by atoms with Gasteiger partial charge in [0.2, 0.25) is 5.91 Å². The van der Waals surface area contributed by atoms with Crippen LogP contribution in [0.3, 0.4) is 0 Å². The summed E-state index contributed by atoms with van der Waals surface area (Å²) in [6, 6.07) is 5.31. The summed E-state index contributed by atoms with van der Waals surface area (Å²) in [6.45, 7) is 3.49. The first-order valence-electron chi connectivity index (χ1n) is 7.05. The summed E-state index contributed by atoms with van der Waals surface area (Å²) in [6.07, 6.45) is 1.62. The van der Waals surface area contributed by atoms with Crippen molar-refractivity contribution in [3.63, 3.8) is 0 Å². The Labute approximate surface area is 129 Å². The number of hydrogen-bond donors (Lipinski definition) is 2. The molecule has 2 amide bonds. The van der Waals surface area contributed by atoms with Crippen LogP contribution in [0.5, 0.6) is 0 Å². The van der Waals surface area contributed by atoms with Gasteiger partial charge >= 0.3 is 0 Å². The van der Waals surface area contributed by atoms with Gasteiger partial charge in [-0.1, -0.05) is 17.7 Å². The number of piperidine rings is 1. The molecule has 21 heavy (non-hydrogen) atoms. The molecule has 0 bridgehead atoms. The van der Waals surface area contributed by atoms with Crippen LogP contribution in [0.15, 0.2) is 18.2 Å². The Kier molecular flexibility index (Phi) is 5.20. The van der Waals surface area contributed by atoms with Crippen LogP contribution in [0, 0.1) is 6.92 Å². The molecule has 1 fully saturated rings. The molecule has 3 N–H and O–H groups in total. The maximum Gasteiger partial charge on any atom is 0.256 e. The zero-order chi connectivity index (χ0) is 15.4. The van der Waals surface area contributed by atoms with E-state index in [0.29, 0.717) is 10.6 Å². The van der Waals surface area contributed by atoms with Crippen LogP contribution in [-0.2, 0) is 4.79 Å². The van der Waals surface area contributed by atoms with Crippen LogP contribution in [-0.4, -0.2) is 42.4 Å². The van der Waals surface area contributed by atoms with Crippen molar-refractivity contribution < 1.29 is 9.59 Å². The van der Waals surface area contributed by atoms with Crippen molar-refractivity contribution in [1.82, 2.24) is 10.2 Å². The lowest BCUT2D eigenvalue weighted by Gasteiger charge is -2.34. The molecule has 1 aliphatic heterocycles. The average Bonchev–Trinajstić information content (AvgIpc) is 2.45. The second kappa shape index (κ2) is 6.91. The number of primary amides is 1. The first-order valence-corrected chi connectivity index (χ1v) is 7.43. The highest BCUT2D eigenvalue weighted by molar-refractivity contribution is 6.33. The fourth-order valence-electron chi connectivity index (χ4n) is 2.60. The summed E-state index contributed by atoms with van der Waals surface area (Å²) in [7, 11) is 0. The van der Waals surface area contributed by atoms with Crippen molar-refractivity contribution in [2.24, 2.45) is 5.73 Å². The first kappa shape index (κ1) is 15.8. The molecule has 0 spiro atoms. The van der Waals surface area contributed by atoms with Crippen molar-refractivity contribution in [1.29, 1.82) is 0 Å². The minimum absolute atomic E-state index is 0.0172. The zero-order valence-corrected chi connectivity index (χ0v) is 12.8. The number of nitrogens with one attached hydrogen (secondary N) is 1. The Morgan fingerprint density at radius 2 is 2.05 bits per heavy atom. The van der Waals surface area contributed by atoms with Crippen LogP contribution in [0.2, 0.25) is 5.02 Å². The molecule has 5 nitrogen and oxygen atoms in total. The molecule has 0 radical (unpaired) electrons. The molecule has 6 heteroatoms. The lowest BCUT2D eigenvalue weighted by Crippen LogP contribution is -2.49. The van der Waals surface area contributed by atoms with E-state index in [1.807, 2.05) is 13.0 Å². The molecular weight excluding hydrogens is 290 g/mol. The highest BCUT2D eigenvalue weighted by Gasteiger charge is 2.28. The van der Waals surface area contributed by atoms with Crippen molar-refractivity contribution >= 4 is 23.4 Å². The zero-order valence-electron chi connectivity index (χ0n) is 12.1. The van der Waals surface area contributed by atoms with Crippen LogP contribution in [0.4, 0.5) is 0 Å². The molecule has 0 atom stereocenters. The first-order chi connectivity index (χ1) is 9.99. The highest BCUT2D eigenvalue weighted by Crippen LogP contribution is 2.22. The normalized spacial score (nSPS) is 15.7. The van der Waals surface area contributed by atoms with Crippen LogP contribution in [0.1, 0.15) is 28.8 Å². The van der Waals surface area contributed by atoms with E-state index in [9.17, 15) is 9.59 Å². The van der Waals surface area contributed by atoms with Gasteiger partial charge < -0.3 is 16.0 Å². The van der Waals surface area contributed by atoms with Gasteiger partial charge in [0.1, 0.15) is 0 Å². The maximum atomic E-state index is 12.7. The summed E-state index contributed by atoms with van der Waals surface area (Å²) in [5.41, 5.74) is 6.70. The van der Waals surface area contributed by atoms with Crippen molar-refractivity contribution in [2.45, 2.75) is 25.8 Å². The number of aryl methyl sites for hydroxylation is 1. The molecule has 1 aliphatic rings. The summed E-state index contributed by atoms with van der Waals surface area (Å²) in [5.74, 6) is -0.740. The topological polar surface area (TPSA) is 75.4 Å². The summed E-state index contributed by atoms with van der Waals surface area (Å²) >= 11 is 6.17. The van der Waals surface area contributed by atoms with E-state index in [1.54, 1.807) is 17.0 Å². The third-order valence-electron chi connectivity index (χ3n) is 3.69. The maximum absolute atomic E-state index is 12.7. The Hall–Kier alpha value is -1.59. The van der Waals surface area contributed by atoms with E-state index in [4.69, 9.17) is 17.3 Å². The fraction of sp³-hybridized carbons (Fsp3) is 0.467. The molecule has 114 valence electrons. The van der Waals surface area contributed by atoms with Gasteiger partial charge in [-0.2, -0.15) is 0 Å². The van der Waals surface area contributed by atoms with Crippen molar-refractivity contribution in [2.75, 3.05) is 19.6 Å². The van der Waals surface area contributed by atoms with Gasteiger partial charge in [-0.3, -0.25) is 9.59 Å². The van der Waals surface area contributed by atoms with Gasteiger partial charge in [0, 0.05) is 6.04 Å². The standard InChI is InChI=1S/C15H20ClN3O2/c1-10-2-3-12(13(16)8-10)15(21)19(9-14(17)20)11-4-6-18-7-5-11/h2-3,8,11,18H,4-7,9H2,1H3,(H2,17,20). The van der Waals surface area contributed by atoms with Crippen LogP contribution < -0.4 is 11.1 Å². The lowest BCUT2D eigenvalue weighted by molar-refractivity contribution is -0.119. The number of halogens is 1. The van der Waals surface area contributed by atoms with Gasteiger partial charge in [-0.05, 0) is 50.6 Å². The number of carbonyl (C=O) groups is 2. The second-order valence-corrected chi connectivity index (χ2v) is 5.77. The van der Waals surface area contributed by atoms with E-state index in [0.717, 1.165) is 31.5 Å². The number of hydrogen-bond acceptors (Lipinski definition) is 3. The van der Waals surface area contributed by atoms with Gasteiger partial charge in [-0.15, -0.1) is 0 Å². The average molecular weight is 310 g/mol. The van der Waals surface area contributed by atoms with Crippen LogP contribution in [0.25, 0.3) is 0 Å². The smallest absolute Gasteiger partial charge is 0.256 e. The van der Waals surface area contributed by atoms with Crippen molar-refractivity contribution in [3.05, 3.63) is 34.3 Å². The molecule has 2 rings (SSSR count). The second-order valence-electron chi connectivity index (χ2n) is 5.36. The largest absolute Gasteiger partial charge is 0.368 e. The minimum Gasteiger partial charge on any atom is -0.368 e. The van der Waals surface area contributed by atoms with Gasteiger partial charge in [-0.25, -0.2) is 0 Å². The third kappa shape index (κ3) is 3.95. The Bertz CT molecular complexity index is 542. The molecular formula is C15H20ClN3O2. The molecule has 0 aromatic heterocycles. The molecule has 1 heterocycles. The molecule has 0 unspecified atom stereocenters. The number of nitrogens with zero attached hydrogens (tertiary/aromatic N) is 1. The fourth-order valence-corrected chi connectivity index (χ4v) is 2.92. The minimum atomic E-state index is -0.509. The monoisotopic (exact) mass is 309 g/mol. The van der Waals surface area contributed by atoms with Gasteiger partial charge in [0.05, 0.1) is 17.1 Å². The SMILES string of the molecule is Cc1ccc(C(=O)N(CC(N)=O)C2CCNCC2)c(Cl)c1. The number of benzene rings is 1. The third-order valence-corrected chi connectivity index (χ3v) is 4.00. The summed E-state index contributed by atoms with van der Waals surface area (Å²) in [5, 5.41) is 3.65. The number of carbonyl (C=O) groups excluding carboxylic acids is 2. The van der Waals surface area contributed by atoms with E-state index in [1.165, 1.54) is 0 Å². The molecule has 1 aromatic rings. The summed E-state index contributed by atoms with van der Waals surface area (Å²) in [4.78, 5) is 25.6.